The van der Waals surface area contributed by atoms with E-state index in [1.807, 2.05) is 43.3 Å². The van der Waals surface area contributed by atoms with Crippen LogP contribution < -0.4 is 5.32 Å². The molecule has 0 bridgehead atoms. The van der Waals surface area contributed by atoms with E-state index in [-0.39, 0.29) is 29.6 Å². The van der Waals surface area contributed by atoms with E-state index in [0.29, 0.717) is 0 Å². The number of halogens is 1. The monoisotopic (exact) mass is 361 g/mol. The first-order chi connectivity index (χ1) is 13.1. The zero-order chi connectivity index (χ0) is 18.5. The lowest BCUT2D eigenvalue weighted by Gasteiger charge is -2.15. The minimum absolute atomic E-state index is 0.0326. The number of amides is 1. The summed E-state index contributed by atoms with van der Waals surface area (Å²) >= 11 is 0. The number of aromatic nitrogens is 2. The number of imidazole rings is 1. The number of carbonyl (C=O) groups excluding carboxylic acids is 1. The first-order valence-corrected chi connectivity index (χ1v) is 9.32. The van der Waals surface area contributed by atoms with E-state index in [1.165, 1.54) is 6.07 Å². The highest BCUT2D eigenvalue weighted by Crippen LogP contribution is 2.47. The Labute approximate surface area is 156 Å². The number of para-hydroxylation sites is 2. The third-order valence-electron chi connectivity index (χ3n) is 5.64. The van der Waals surface area contributed by atoms with E-state index < -0.39 is 0 Å². The quantitative estimate of drug-likeness (QED) is 0.739. The Bertz CT molecular complexity index is 1050. The normalized spacial score (nSPS) is 21.6. The van der Waals surface area contributed by atoms with Gasteiger partial charge in [0.2, 0.25) is 5.91 Å². The molecule has 0 unspecified atom stereocenters. The molecule has 1 heterocycles. The van der Waals surface area contributed by atoms with Gasteiger partial charge in [-0.1, -0.05) is 24.3 Å². The van der Waals surface area contributed by atoms with E-state index in [1.54, 1.807) is 6.07 Å². The smallest absolute Gasteiger partial charge is 0.224 e. The van der Waals surface area contributed by atoms with Gasteiger partial charge in [0.15, 0.2) is 0 Å². The third-order valence-corrected chi connectivity index (χ3v) is 5.64. The lowest BCUT2D eigenvalue weighted by Crippen LogP contribution is -2.35. The van der Waals surface area contributed by atoms with Crippen molar-refractivity contribution in [3.8, 4) is 0 Å². The molecule has 136 valence electrons. The summed E-state index contributed by atoms with van der Waals surface area (Å²) in [6.07, 6.45) is 3.57. The Morgan fingerprint density at radius 2 is 2.15 bits per heavy atom. The van der Waals surface area contributed by atoms with Gasteiger partial charge in [-0.2, -0.15) is 0 Å². The maximum atomic E-state index is 13.4. The van der Waals surface area contributed by atoms with Gasteiger partial charge in [0.1, 0.15) is 11.6 Å². The molecule has 5 rings (SSSR count). The minimum Gasteiger partial charge on any atom is -0.350 e. The van der Waals surface area contributed by atoms with Crippen LogP contribution in [0.2, 0.25) is 0 Å². The molecular weight excluding hydrogens is 341 g/mol. The molecule has 5 heteroatoms. The largest absolute Gasteiger partial charge is 0.350 e. The van der Waals surface area contributed by atoms with Gasteiger partial charge in [-0.25, -0.2) is 9.37 Å². The van der Waals surface area contributed by atoms with Gasteiger partial charge in [-0.05, 0) is 60.7 Å². The molecule has 2 aliphatic rings. The Morgan fingerprint density at radius 1 is 1.30 bits per heavy atom. The number of nitrogens with one attached hydrogen (secondary N) is 2. The Morgan fingerprint density at radius 3 is 3.00 bits per heavy atom. The summed E-state index contributed by atoms with van der Waals surface area (Å²) in [4.78, 5) is 20.6. The number of fused-ring (bicyclic) bond motifs is 2. The topological polar surface area (TPSA) is 57.8 Å². The van der Waals surface area contributed by atoms with Crippen molar-refractivity contribution < 1.29 is 9.18 Å². The highest BCUT2D eigenvalue weighted by molar-refractivity contribution is 5.84. The fourth-order valence-electron chi connectivity index (χ4n) is 3.96. The fourth-order valence-corrected chi connectivity index (χ4v) is 3.96. The predicted molar refractivity (Wildman–Crippen MR) is 103 cm³/mol. The maximum absolute atomic E-state index is 13.4. The van der Waals surface area contributed by atoms with Crippen molar-refractivity contribution in [2.45, 2.75) is 31.7 Å². The van der Waals surface area contributed by atoms with Crippen LogP contribution in [-0.4, -0.2) is 21.9 Å². The second-order valence-electron chi connectivity index (χ2n) is 7.56. The van der Waals surface area contributed by atoms with Crippen LogP contribution in [0.1, 0.15) is 36.2 Å². The van der Waals surface area contributed by atoms with Gasteiger partial charge in [0.25, 0.3) is 0 Å². The average Bonchev–Trinajstić information content (AvgIpc) is 3.16. The Hall–Kier alpha value is -2.95. The fraction of sp³-hybridized carbons (Fsp3) is 0.273. The number of aromatic amines is 1. The van der Waals surface area contributed by atoms with E-state index in [9.17, 15) is 9.18 Å². The van der Waals surface area contributed by atoms with Gasteiger partial charge < -0.3 is 10.3 Å². The van der Waals surface area contributed by atoms with Crippen LogP contribution in [0, 0.1) is 11.7 Å². The number of rotatable bonds is 4. The van der Waals surface area contributed by atoms with Crippen LogP contribution >= 0.6 is 0 Å². The summed E-state index contributed by atoms with van der Waals surface area (Å²) in [5.74, 6) is 0.862. The van der Waals surface area contributed by atoms with Crippen molar-refractivity contribution in [1.29, 1.82) is 0 Å². The first kappa shape index (κ1) is 16.2. The van der Waals surface area contributed by atoms with Crippen molar-refractivity contribution >= 4 is 23.0 Å². The summed E-state index contributed by atoms with van der Waals surface area (Å²) < 4.78 is 13.4. The van der Waals surface area contributed by atoms with Gasteiger partial charge in [-0.15, -0.1) is 0 Å². The molecule has 3 atom stereocenters. The highest BCUT2D eigenvalue weighted by atomic mass is 19.1. The lowest BCUT2D eigenvalue weighted by atomic mass is 10.1. The summed E-state index contributed by atoms with van der Waals surface area (Å²) in [7, 11) is 0. The molecule has 2 aliphatic carbocycles. The molecule has 1 saturated carbocycles. The second kappa shape index (κ2) is 6.05. The van der Waals surface area contributed by atoms with Gasteiger partial charge in [-0.3, -0.25) is 4.79 Å². The maximum Gasteiger partial charge on any atom is 0.224 e. The number of H-pyrrole nitrogens is 1. The molecule has 2 aromatic carbocycles. The summed E-state index contributed by atoms with van der Waals surface area (Å²) in [5.41, 5.74) is 5.09. The van der Waals surface area contributed by atoms with Crippen LogP contribution in [0.25, 0.3) is 17.1 Å². The van der Waals surface area contributed by atoms with Crippen LogP contribution in [0.15, 0.2) is 48.0 Å². The van der Waals surface area contributed by atoms with E-state index >= 15 is 0 Å². The SMILES string of the molecule is C[C@@H](NC(=O)[C@H]1C[C@@H]1c1nc2ccccc2[nH]1)C1=Cc2cc(F)ccc2C1. The number of benzene rings is 2. The summed E-state index contributed by atoms with van der Waals surface area (Å²) in [5, 5.41) is 3.12. The Kier molecular flexibility index (Phi) is 3.64. The molecule has 0 saturated heterocycles. The van der Waals surface area contributed by atoms with Crippen molar-refractivity contribution in [2.24, 2.45) is 5.92 Å². The van der Waals surface area contributed by atoms with Crippen molar-refractivity contribution in [3.05, 3.63) is 70.8 Å². The first-order valence-electron chi connectivity index (χ1n) is 9.32. The molecular formula is C22H20FN3O. The number of hydrogen-bond donors (Lipinski definition) is 2. The molecule has 1 fully saturated rings. The van der Waals surface area contributed by atoms with Crippen LogP contribution in [0.4, 0.5) is 4.39 Å². The van der Waals surface area contributed by atoms with Gasteiger partial charge >= 0.3 is 0 Å². The summed E-state index contributed by atoms with van der Waals surface area (Å²) in [6.45, 7) is 1.99. The van der Waals surface area contributed by atoms with E-state index in [0.717, 1.165) is 46.4 Å². The molecule has 1 amide bonds. The highest BCUT2D eigenvalue weighted by Gasteiger charge is 2.46. The molecule has 27 heavy (non-hydrogen) atoms. The van der Waals surface area contributed by atoms with Gasteiger partial charge in [0, 0.05) is 17.9 Å². The number of carbonyl (C=O) groups is 1. The predicted octanol–water partition coefficient (Wildman–Crippen LogP) is 3.95. The number of hydrogen-bond acceptors (Lipinski definition) is 2. The number of nitrogens with zero attached hydrogens (tertiary/aromatic N) is 1. The van der Waals surface area contributed by atoms with Gasteiger partial charge in [0.05, 0.1) is 11.0 Å². The molecule has 3 aromatic rings. The van der Waals surface area contributed by atoms with Crippen molar-refractivity contribution in [1.82, 2.24) is 15.3 Å². The molecule has 2 N–H and O–H groups in total. The zero-order valence-electron chi connectivity index (χ0n) is 15.0. The van der Waals surface area contributed by atoms with Crippen molar-refractivity contribution in [2.75, 3.05) is 0 Å². The zero-order valence-corrected chi connectivity index (χ0v) is 15.0. The lowest BCUT2D eigenvalue weighted by molar-refractivity contribution is -0.122. The van der Waals surface area contributed by atoms with Crippen LogP contribution in [0.3, 0.4) is 0 Å². The Balaban J connectivity index is 1.24. The molecule has 0 spiro atoms. The average molecular weight is 361 g/mol. The van der Waals surface area contributed by atoms with Crippen LogP contribution in [-0.2, 0) is 11.2 Å². The van der Waals surface area contributed by atoms with E-state index in [2.05, 4.69) is 15.3 Å². The van der Waals surface area contributed by atoms with Crippen LogP contribution in [0.5, 0.6) is 0 Å². The van der Waals surface area contributed by atoms with E-state index in [4.69, 9.17) is 0 Å². The standard InChI is InChI=1S/C22H20FN3O/c1-12(14-8-13-6-7-16(23)10-15(13)9-14)24-22(27)18-11-17(18)21-25-19-4-2-3-5-20(19)26-21/h2-7,9-10,12,17-18H,8,11H2,1H3,(H,24,27)(H,25,26)/t12-,17+,18+/m1/s1. The molecule has 1 aromatic heterocycles. The molecule has 4 nitrogen and oxygen atoms in total. The van der Waals surface area contributed by atoms with Crippen molar-refractivity contribution in [3.63, 3.8) is 0 Å². The minimum atomic E-state index is -0.227. The third kappa shape index (κ3) is 2.93. The molecule has 0 aliphatic heterocycles. The molecule has 0 radical (unpaired) electrons. The second-order valence-corrected chi connectivity index (χ2v) is 7.56. The summed E-state index contributed by atoms with van der Waals surface area (Å²) in [6, 6.07) is 12.7.